The van der Waals surface area contributed by atoms with Crippen LogP contribution in [0, 0.1) is 12.8 Å². The Labute approximate surface area is 99.4 Å². The summed E-state index contributed by atoms with van der Waals surface area (Å²) in [7, 11) is 0. The molecule has 1 fully saturated rings. The number of hydrogen-bond acceptors (Lipinski definition) is 4. The number of aromatic nitrogens is 1. The Morgan fingerprint density at radius 3 is 3.12 bits per heavy atom. The molecule has 1 saturated heterocycles. The highest BCUT2D eigenvalue weighted by Gasteiger charge is 2.19. The van der Waals surface area contributed by atoms with Gasteiger partial charge in [-0.15, -0.1) is 0 Å². The molecule has 0 aliphatic carbocycles. The van der Waals surface area contributed by atoms with Gasteiger partial charge in [0.05, 0.1) is 13.2 Å². The van der Waals surface area contributed by atoms with E-state index in [1.54, 1.807) is 19.1 Å². The third kappa shape index (κ3) is 2.94. The summed E-state index contributed by atoms with van der Waals surface area (Å²) in [4.78, 5) is 15.0. The highest BCUT2D eigenvalue weighted by atomic mass is 16.5. The van der Waals surface area contributed by atoms with Crippen molar-refractivity contribution in [3.8, 4) is 5.75 Å². The molecule has 1 N–H and O–H groups in total. The van der Waals surface area contributed by atoms with Gasteiger partial charge >= 0.3 is 5.97 Å². The van der Waals surface area contributed by atoms with Crippen molar-refractivity contribution in [2.45, 2.75) is 13.3 Å². The predicted octanol–water partition coefficient (Wildman–Crippen LogP) is 1.50. The fraction of sp³-hybridized carbons (Fsp3) is 0.500. The molecule has 1 unspecified atom stereocenters. The topological polar surface area (TPSA) is 68.7 Å². The third-order valence-electron chi connectivity index (χ3n) is 2.70. The van der Waals surface area contributed by atoms with Crippen LogP contribution in [0.25, 0.3) is 0 Å². The number of carbonyl (C=O) groups is 1. The molecule has 2 rings (SSSR count). The molecule has 1 aromatic rings. The molecule has 17 heavy (non-hydrogen) atoms. The van der Waals surface area contributed by atoms with E-state index >= 15 is 0 Å². The minimum Gasteiger partial charge on any atom is -0.491 e. The number of aryl methyl sites for hydroxylation is 1. The Hall–Kier alpha value is -1.62. The van der Waals surface area contributed by atoms with Crippen molar-refractivity contribution < 1.29 is 19.4 Å². The normalized spacial score (nSPS) is 19.2. The zero-order valence-corrected chi connectivity index (χ0v) is 9.68. The van der Waals surface area contributed by atoms with Crippen LogP contribution in [0.2, 0.25) is 0 Å². The Bertz CT molecular complexity index is 413. The molecule has 1 atom stereocenters. The van der Waals surface area contributed by atoms with Crippen LogP contribution in [0.3, 0.4) is 0 Å². The molecule has 5 heteroatoms. The number of hydrogen-bond donors (Lipinski definition) is 1. The summed E-state index contributed by atoms with van der Waals surface area (Å²) in [6.45, 7) is 3.67. The Balaban J connectivity index is 2.06. The van der Waals surface area contributed by atoms with Gasteiger partial charge in [-0.1, -0.05) is 0 Å². The number of ether oxygens (including phenoxy) is 2. The first kappa shape index (κ1) is 11.9. The van der Waals surface area contributed by atoms with Crippen molar-refractivity contribution in [1.82, 2.24) is 4.98 Å². The monoisotopic (exact) mass is 237 g/mol. The summed E-state index contributed by atoms with van der Waals surface area (Å²) in [5, 5.41) is 9.01. The maximum absolute atomic E-state index is 11.0. The first-order chi connectivity index (χ1) is 8.16. The quantitative estimate of drug-likeness (QED) is 0.859. The Morgan fingerprint density at radius 2 is 2.47 bits per heavy atom. The van der Waals surface area contributed by atoms with Gasteiger partial charge < -0.3 is 14.6 Å². The van der Waals surface area contributed by atoms with Gasteiger partial charge in [0.2, 0.25) is 0 Å². The number of carboxylic acids is 1. The van der Waals surface area contributed by atoms with E-state index in [9.17, 15) is 4.79 Å². The van der Waals surface area contributed by atoms with Gasteiger partial charge in [-0.05, 0) is 25.5 Å². The summed E-state index contributed by atoms with van der Waals surface area (Å²) in [6, 6.07) is 3.40. The van der Waals surface area contributed by atoms with Crippen LogP contribution in [0.5, 0.6) is 5.75 Å². The Morgan fingerprint density at radius 1 is 1.65 bits per heavy atom. The lowest BCUT2D eigenvalue weighted by molar-refractivity contribution is 0.0683. The van der Waals surface area contributed by atoms with Crippen molar-refractivity contribution >= 4 is 5.97 Å². The predicted molar refractivity (Wildman–Crippen MR) is 60.4 cm³/mol. The summed E-state index contributed by atoms with van der Waals surface area (Å²) in [5.41, 5.74) is 0.642. The summed E-state index contributed by atoms with van der Waals surface area (Å²) >= 11 is 0. The molecular formula is C12H15NO4. The molecule has 0 amide bonds. The lowest BCUT2D eigenvalue weighted by Gasteiger charge is -2.12. The maximum atomic E-state index is 11.0. The zero-order chi connectivity index (χ0) is 12.3. The maximum Gasteiger partial charge on any atom is 0.358 e. The Kier molecular flexibility index (Phi) is 3.58. The molecule has 1 aliphatic rings. The number of pyridine rings is 1. The molecule has 0 saturated carbocycles. The van der Waals surface area contributed by atoms with Crippen LogP contribution in [-0.4, -0.2) is 35.9 Å². The SMILES string of the molecule is Cc1ccc(OCC2CCOC2)c(C(=O)O)n1. The van der Waals surface area contributed by atoms with Crippen molar-refractivity contribution in [2.75, 3.05) is 19.8 Å². The molecule has 92 valence electrons. The molecule has 1 aromatic heterocycles. The van der Waals surface area contributed by atoms with E-state index < -0.39 is 5.97 Å². The van der Waals surface area contributed by atoms with Crippen LogP contribution in [0.15, 0.2) is 12.1 Å². The second-order valence-corrected chi connectivity index (χ2v) is 4.15. The van der Waals surface area contributed by atoms with Crippen molar-refractivity contribution in [2.24, 2.45) is 5.92 Å². The second-order valence-electron chi connectivity index (χ2n) is 4.15. The molecule has 2 heterocycles. The zero-order valence-electron chi connectivity index (χ0n) is 9.68. The van der Waals surface area contributed by atoms with Crippen LogP contribution < -0.4 is 4.74 Å². The van der Waals surface area contributed by atoms with Gasteiger partial charge in [0.25, 0.3) is 0 Å². The van der Waals surface area contributed by atoms with Gasteiger partial charge in [0.1, 0.15) is 0 Å². The van der Waals surface area contributed by atoms with Gasteiger partial charge in [-0.3, -0.25) is 0 Å². The van der Waals surface area contributed by atoms with E-state index in [0.717, 1.165) is 13.0 Å². The molecule has 0 radical (unpaired) electrons. The van der Waals surface area contributed by atoms with Gasteiger partial charge in [0, 0.05) is 18.2 Å². The minimum atomic E-state index is -1.06. The lowest BCUT2D eigenvalue weighted by Crippen LogP contribution is -2.14. The largest absolute Gasteiger partial charge is 0.491 e. The van der Waals surface area contributed by atoms with Gasteiger partial charge in [-0.25, -0.2) is 9.78 Å². The molecule has 5 nitrogen and oxygen atoms in total. The van der Waals surface area contributed by atoms with Crippen LogP contribution in [0.4, 0.5) is 0 Å². The number of nitrogens with zero attached hydrogens (tertiary/aromatic N) is 1. The standard InChI is InChI=1S/C12H15NO4/c1-8-2-3-10(11(13-8)12(14)15)17-7-9-4-5-16-6-9/h2-3,9H,4-7H2,1H3,(H,14,15). The van der Waals surface area contributed by atoms with E-state index in [-0.39, 0.29) is 5.69 Å². The molecule has 1 aliphatic heterocycles. The summed E-state index contributed by atoms with van der Waals surface area (Å²) in [6.07, 6.45) is 0.960. The van der Waals surface area contributed by atoms with E-state index in [4.69, 9.17) is 14.6 Å². The first-order valence-corrected chi connectivity index (χ1v) is 5.58. The fourth-order valence-electron chi connectivity index (χ4n) is 1.74. The first-order valence-electron chi connectivity index (χ1n) is 5.58. The number of aromatic carboxylic acids is 1. The summed E-state index contributed by atoms with van der Waals surface area (Å²) < 4.78 is 10.7. The minimum absolute atomic E-state index is 0.0242. The number of carboxylic acid groups (broad SMARTS) is 1. The molecule has 0 bridgehead atoms. The average Bonchev–Trinajstić information content (AvgIpc) is 2.80. The van der Waals surface area contributed by atoms with Crippen molar-refractivity contribution in [3.05, 3.63) is 23.5 Å². The average molecular weight is 237 g/mol. The van der Waals surface area contributed by atoms with E-state index in [1.807, 2.05) is 0 Å². The van der Waals surface area contributed by atoms with Crippen LogP contribution in [0.1, 0.15) is 22.6 Å². The van der Waals surface area contributed by atoms with Gasteiger partial charge in [-0.2, -0.15) is 0 Å². The van der Waals surface area contributed by atoms with Crippen LogP contribution in [-0.2, 0) is 4.74 Å². The van der Waals surface area contributed by atoms with Crippen molar-refractivity contribution in [1.29, 1.82) is 0 Å². The highest BCUT2D eigenvalue weighted by Crippen LogP contribution is 2.20. The summed E-state index contributed by atoms with van der Waals surface area (Å²) in [5.74, 6) is -0.390. The van der Waals surface area contributed by atoms with E-state index in [1.165, 1.54) is 0 Å². The highest BCUT2D eigenvalue weighted by molar-refractivity contribution is 5.88. The van der Waals surface area contributed by atoms with E-state index in [0.29, 0.717) is 30.6 Å². The van der Waals surface area contributed by atoms with Crippen molar-refractivity contribution in [3.63, 3.8) is 0 Å². The van der Waals surface area contributed by atoms with Crippen LogP contribution >= 0.6 is 0 Å². The lowest BCUT2D eigenvalue weighted by atomic mass is 10.1. The smallest absolute Gasteiger partial charge is 0.358 e. The second kappa shape index (κ2) is 5.14. The molecular weight excluding hydrogens is 222 g/mol. The molecule has 0 aromatic carbocycles. The fourth-order valence-corrected chi connectivity index (χ4v) is 1.74. The third-order valence-corrected chi connectivity index (χ3v) is 2.70. The van der Waals surface area contributed by atoms with E-state index in [2.05, 4.69) is 4.98 Å². The molecule has 0 spiro atoms. The number of rotatable bonds is 4. The van der Waals surface area contributed by atoms with Gasteiger partial charge in [0.15, 0.2) is 11.4 Å².